The standard InChI is InChI=1S/C25H26FNO4/c1-15(28)31-22-14-18(26)10-12-20(22)24-23(16-7-5-4-6-8-16)19-11-9-17(25(29)30-3)13-21(19)27(24)2/h9-14,16H,4-8H2,1-3H3. The van der Waals surface area contributed by atoms with Crippen LogP contribution in [0.15, 0.2) is 36.4 Å². The van der Waals surface area contributed by atoms with E-state index in [1.165, 1.54) is 32.6 Å². The van der Waals surface area contributed by atoms with Crippen LogP contribution in [0.4, 0.5) is 4.39 Å². The molecule has 5 nitrogen and oxygen atoms in total. The van der Waals surface area contributed by atoms with Crippen LogP contribution in [0.3, 0.4) is 0 Å². The van der Waals surface area contributed by atoms with Crippen LogP contribution in [0.2, 0.25) is 0 Å². The van der Waals surface area contributed by atoms with E-state index in [0.717, 1.165) is 47.8 Å². The number of nitrogens with zero attached hydrogens (tertiary/aromatic N) is 1. The van der Waals surface area contributed by atoms with Gasteiger partial charge in [0.1, 0.15) is 11.6 Å². The zero-order valence-corrected chi connectivity index (χ0v) is 18.0. The van der Waals surface area contributed by atoms with Crippen LogP contribution in [-0.4, -0.2) is 23.6 Å². The van der Waals surface area contributed by atoms with E-state index in [9.17, 15) is 14.0 Å². The van der Waals surface area contributed by atoms with Crippen molar-refractivity contribution >= 4 is 22.8 Å². The molecule has 0 saturated heterocycles. The van der Waals surface area contributed by atoms with Gasteiger partial charge in [-0.05, 0) is 48.6 Å². The number of benzene rings is 2. The van der Waals surface area contributed by atoms with E-state index in [1.807, 2.05) is 23.7 Å². The van der Waals surface area contributed by atoms with Gasteiger partial charge in [-0.15, -0.1) is 0 Å². The summed E-state index contributed by atoms with van der Waals surface area (Å²) in [6.45, 7) is 1.31. The minimum atomic E-state index is -0.502. The molecule has 0 unspecified atom stereocenters. The van der Waals surface area contributed by atoms with E-state index < -0.39 is 17.8 Å². The predicted molar refractivity (Wildman–Crippen MR) is 117 cm³/mol. The summed E-state index contributed by atoms with van der Waals surface area (Å²) in [5.41, 5.74) is 4.07. The molecule has 1 heterocycles. The molecule has 1 aliphatic rings. The number of carbonyl (C=O) groups is 2. The fraction of sp³-hybridized carbons (Fsp3) is 0.360. The van der Waals surface area contributed by atoms with E-state index >= 15 is 0 Å². The molecular formula is C25H26FNO4. The first kappa shape index (κ1) is 21.1. The zero-order valence-electron chi connectivity index (χ0n) is 18.0. The Labute approximate surface area is 180 Å². The summed E-state index contributed by atoms with van der Waals surface area (Å²) in [7, 11) is 3.28. The van der Waals surface area contributed by atoms with Crippen molar-refractivity contribution in [3.63, 3.8) is 0 Å². The number of halogens is 1. The SMILES string of the molecule is COC(=O)c1ccc2c(C3CCCCC3)c(-c3ccc(F)cc3OC(C)=O)n(C)c2c1. The van der Waals surface area contributed by atoms with Crippen molar-refractivity contribution in [3.8, 4) is 17.0 Å². The van der Waals surface area contributed by atoms with Crippen LogP contribution < -0.4 is 4.74 Å². The van der Waals surface area contributed by atoms with Crippen molar-refractivity contribution in [1.82, 2.24) is 4.57 Å². The monoisotopic (exact) mass is 423 g/mol. The first-order chi connectivity index (χ1) is 14.9. The highest BCUT2D eigenvalue weighted by atomic mass is 19.1. The molecule has 31 heavy (non-hydrogen) atoms. The van der Waals surface area contributed by atoms with Crippen LogP contribution in [0.1, 0.15) is 60.9 Å². The number of aromatic nitrogens is 1. The third-order valence-corrected chi connectivity index (χ3v) is 6.13. The van der Waals surface area contributed by atoms with Crippen LogP contribution in [0, 0.1) is 5.82 Å². The first-order valence-corrected chi connectivity index (χ1v) is 10.6. The molecule has 1 aliphatic carbocycles. The Morgan fingerprint density at radius 2 is 1.81 bits per heavy atom. The molecule has 1 saturated carbocycles. The van der Waals surface area contributed by atoms with Gasteiger partial charge in [0.05, 0.1) is 18.4 Å². The van der Waals surface area contributed by atoms with Crippen LogP contribution in [0.5, 0.6) is 5.75 Å². The second-order valence-electron chi connectivity index (χ2n) is 8.11. The predicted octanol–water partition coefficient (Wildman–Crippen LogP) is 5.74. The average molecular weight is 423 g/mol. The molecule has 3 aromatic rings. The summed E-state index contributed by atoms with van der Waals surface area (Å²) in [4.78, 5) is 23.8. The average Bonchev–Trinajstić information content (AvgIpc) is 3.05. The molecular weight excluding hydrogens is 397 g/mol. The molecule has 0 bridgehead atoms. The minimum absolute atomic E-state index is 0.198. The smallest absolute Gasteiger partial charge is 0.337 e. The van der Waals surface area contributed by atoms with Crippen molar-refractivity contribution in [3.05, 3.63) is 53.3 Å². The summed E-state index contributed by atoms with van der Waals surface area (Å²) >= 11 is 0. The van der Waals surface area contributed by atoms with E-state index in [1.54, 1.807) is 12.1 Å². The van der Waals surface area contributed by atoms with Gasteiger partial charge in [-0.2, -0.15) is 0 Å². The molecule has 0 amide bonds. The molecule has 1 fully saturated rings. The van der Waals surface area contributed by atoms with Crippen molar-refractivity contribution in [1.29, 1.82) is 0 Å². The van der Waals surface area contributed by atoms with Gasteiger partial charge in [0.2, 0.25) is 0 Å². The highest BCUT2D eigenvalue weighted by Crippen LogP contribution is 2.46. The summed E-state index contributed by atoms with van der Waals surface area (Å²) < 4.78 is 26.3. The number of hydrogen-bond acceptors (Lipinski definition) is 4. The summed E-state index contributed by atoms with van der Waals surface area (Å²) in [6.07, 6.45) is 5.66. The number of ether oxygens (including phenoxy) is 2. The Bertz CT molecular complexity index is 1160. The van der Waals surface area contributed by atoms with Crippen LogP contribution in [-0.2, 0) is 16.6 Å². The largest absolute Gasteiger partial charge is 0.465 e. The van der Waals surface area contributed by atoms with Gasteiger partial charge < -0.3 is 14.0 Å². The lowest BCUT2D eigenvalue weighted by atomic mass is 9.81. The first-order valence-electron chi connectivity index (χ1n) is 10.6. The molecule has 0 aliphatic heterocycles. The van der Waals surface area contributed by atoms with Crippen LogP contribution in [0.25, 0.3) is 22.2 Å². The number of rotatable bonds is 4. The van der Waals surface area contributed by atoms with Gasteiger partial charge >= 0.3 is 11.9 Å². The van der Waals surface area contributed by atoms with Crippen molar-refractivity contribution in [2.75, 3.05) is 7.11 Å². The highest BCUT2D eigenvalue weighted by molar-refractivity contribution is 5.99. The summed E-state index contributed by atoms with van der Waals surface area (Å²) in [5.74, 6) is -0.828. The van der Waals surface area contributed by atoms with Crippen LogP contribution >= 0.6 is 0 Å². The lowest BCUT2D eigenvalue weighted by Crippen LogP contribution is -2.08. The second-order valence-corrected chi connectivity index (χ2v) is 8.11. The lowest BCUT2D eigenvalue weighted by Gasteiger charge is -2.24. The third-order valence-electron chi connectivity index (χ3n) is 6.13. The normalized spacial score (nSPS) is 14.6. The van der Waals surface area contributed by atoms with Gasteiger partial charge in [0, 0.05) is 36.5 Å². The van der Waals surface area contributed by atoms with E-state index in [4.69, 9.17) is 9.47 Å². The van der Waals surface area contributed by atoms with Crippen molar-refractivity contribution < 1.29 is 23.5 Å². The third kappa shape index (κ3) is 3.94. The fourth-order valence-corrected chi connectivity index (χ4v) is 4.77. The van der Waals surface area contributed by atoms with Gasteiger partial charge in [-0.3, -0.25) is 4.79 Å². The Morgan fingerprint density at radius 3 is 2.48 bits per heavy atom. The number of carbonyl (C=O) groups excluding carboxylic acids is 2. The number of esters is 2. The topological polar surface area (TPSA) is 57.5 Å². The molecule has 0 spiro atoms. The molecule has 4 rings (SSSR count). The van der Waals surface area contributed by atoms with E-state index in [2.05, 4.69) is 0 Å². The Balaban J connectivity index is 2.01. The van der Waals surface area contributed by atoms with Gasteiger partial charge in [-0.25, -0.2) is 9.18 Å². The number of methoxy groups -OCH3 is 1. The molecule has 0 atom stereocenters. The maximum atomic E-state index is 14.0. The molecule has 0 radical (unpaired) electrons. The quantitative estimate of drug-likeness (QED) is 0.396. The molecule has 162 valence electrons. The van der Waals surface area contributed by atoms with Gasteiger partial charge in [-0.1, -0.05) is 25.3 Å². The van der Waals surface area contributed by atoms with Crippen molar-refractivity contribution in [2.45, 2.75) is 44.9 Å². The Hall–Kier alpha value is -3.15. The number of aryl methyl sites for hydroxylation is 1. The second kappa shape index (κ2) is 8.53. The maximum Gasteiger partial charge on any atom is 0.337 e. The minimum Gasteiger partial charge on any atom is -0.465 e. The highest BCUT2D eigenvalue weighted by Gasteiger charge is 2.28. The van der Waals surface area contributed by atoms with E-state index in [-0.39, 0.29) is 5.75 Å². The maximum absolute atomic E-state index is 14.0. The summed E-state index contributed by atoms with van der Waals surface area (Å²) in [6, 6.07) is 9.86. The number of hydrogen-bond donors (Lipinski definition) is 0. The fourth-order valence-electron chi connectivity index (χ4n) is 4.77. The molecule has 6 heteroatoms. The van der Waals surface area contributed by atoms with Crippen molar-refractivity contribution in [2.24, 2.45) is 7.05 Å². The lowest BCUT2D eigenvalue weighted by molar-refractivity contribution is -0.131. The number of fused-ring (bicyclic) bond motifs is 1. The molecule has 2 aromatic carbocycles. The Kier molecular flexibility index (Phi) is 5.81. The van der Waals surface area contributed by atoms with E-state index in [0.29, 0.717) is 17.0 Å². The zero-order chi connectivity index (χ0) is 22.1. The molecule has 1 aromatic heterocycles. The van der Waals surface area contributed by atoms with Gasteiger partial charge in [0.25, 0.3) is 0 Å². The van der Waals surface area contributed by atoms with Gasteiger partial charge in [0.15, 0.2) is 0 Å². The Morgan fingerprint density at radius 1 is 1.06 bits per heavy atom. The molecule has 0 N–H and O–H groups in total. The summed E-state index contributed by atoms with van der Waals surface area (Å²) in [5, 5.41) is 1.05.